The fraction of sp³-hybridized carbons (Fsp3) is 0. The van der Waals surface area contributed by atoms with Crippen molar-refractivity contribution in [3.63, 3.8) is 0 Å². The number of nitrogens with zero attached hydrogens (tertiary/aromatic N) is 2. The average Bonchev–Trinajstić information content (AvgIpc) is 2.29. The first-order valence-corrected chi connectivity index (χ1v) is 6.70. The molecule has 0 amide bonds. The van der Waals surface area contributed by atoms with Crippen molar-refractivity contribution in [2.75, 3.05) is 0 Å². The van der Waals surface area contributed by atoms with Gasteiger partial charge in [-0.2, -0.15) is 0 Å². The van der Waals surface area contributed by atoms with E-state index in [0.717, 1.165) is 0 Å². The van der Waals surface area contributed by atoms with E-state index in [1.165, 1.54) is 17.8 Å². The van der Waals surface area contributed by atoms with Gasteiger partial charge in [-0.3, -0.25) is 0 Å². The van der Waals surface area contributed by atoms with Crippen LogP contribution in [0.2, 0.25) is 20.2 Å². The first kappa shape index (κ1) is 13.2. The lowest BCUT2D eigenvalue weighted by Crippen LogP contribution is -1.86. The van der Waals surface area contributed by atoms with Crippen molar-refractivity contribution in [3.05, 3.63) is 44.6 Å². The zero-order valence-electron chi connectivity index (χ0n) is 8.12. The number of aromatic nitrogens is 2. The third-order valence-corrected chi connectivity index (χ3v) is 4.29. The fourth-order valence-electron chi connectivity index (χ4n) is 1.04. The van der Waals surface area contributed by atoms with Gasteiger partial charge in [-0.1, -0.05) is 46.4 Å². The minimum atomic E-state index is 0.200. The third kappa shape index (κ3) is 3.18. The van der Waals surface area contributed by atoms with Crippen LogP contribution in [0.25, 0.3) is 0 Å². The molecule has 2 aromatic heterocycles. The second kappa shape index (κ2) is 5.63. The van der Waals surface area contributed by atoms with E-state index in [1.54, 1.807) is 18.3 Å². The molecule has 17 heavy (non-hydrogen) atoms. The van der Waals surface area contributed by atoms with Gasteiger partial charge in [0.25, 0.3) is 0 Å². The lowest BCUT2D eigenvalue weighted by atomic mass is 10.5. The zero-order chi connectivity index (χ0) is 12.4. The van der Waals surface area contributed by atoms with Gasteiger partial charge in [0.15, 0.2) is 0 Å². The molecule has 0 radical (unpaired) electrons. The van der Waals surface area contributed by atoms with E-state index in [1.807, 2.05) is 0 Å². The number of hydrogen-bond acceptors (Lipinski definition) is 3. The Kier molecular flexibility index (Phi) is 4.39. The Morgan fingerprint density at radius 3 is 2.41 bits per heavy atom. The van der Waals surface area contributed by atoms with Gasteiger partial charge in [0, 0.05) is 6.20 Å². The summed E-state index contributed by atoms with van der Waals surface area (Å²) in [7, 11) is 0. The number of rotatable bonds is 2. The van der Waals surface area contributed by atoms with E-state index in [4.69, 9.17) is 46.4 Å². The third-order valence-electron chi connectivity index (χ3n) is 1.77. The van der Waals surface area contributed by atoms with Crippen LogP contribution in [0.3, 0.4) is 0 Å². The largest absolute Gasteiger partial charge is 0.248 e. The van der Waals surface area contributed by atoms with Gasteiger partial charge in [-0.05, 0) is 30.0 Å². The van der Waals surface area contributed by atoms with E-state index in [-0.39, 0.29) is 5.15 Å². The summed E-state index contributed by atoms with van der Waals surface area (Å²) in [6.07, 6.45) is 1.64. The molecule has 2 heterocycles. The molecule has 0 aliphatic carbocycles. The van der Waals surface area contributed by atoms with E-state index in [2.05, 4.69) is 9.97 Å². The summed E-state index contributed by atoms with van der Waals surface area (Å²) >= 11 is 24.8. The van der Waals surface area contributed by atoms with Gasteiger partial charge >= 0.3 is 0 Å². The van der Waals surface area contributed by atoms with Crippen LogP contribution in [-0.4, -0.2) is 9.97 Å². The molecule has 0 saturated carbocycles. The van der Waals surface area contributed by atoms with Crippen molar-refractivity contribution < 1.29 is 0 Å². The van der Waals surface area contributed by atoms with Gasteiger partial charge in [0.1, 0.15) is 15.2 Å². The molecule has 2 nitrogen and oxygen atoms in total. The Labute approximate surface area is 122 Å². The summed E-state index contributed by atoms with van der Waals surface area (Å²) in [5.74, 6) is 0. The van der Waals surface area contributed by atoms with Crippen molar-refractivity contribution in [1.82, 2.24) is 9.97 Å². The van der Waals surface area contributed by atoms with Gasteiger partial charge < -0.3 is 0 Å². The summed E-state index contributed by atoms with van der Waals surface area (Å²) in [6.45, 7) is 0. The van der Waals surface area contributed by atoms with Crippen LogP contribution in [-0.2, 0) is 0 Å². The molecule has 0 spiro atoms. The van der Waals surface area contributed by atoms with Gasteiger partial charge in [0.2, 0.25) is 0 Å². The molecular formula is C10H4Cl4N2S. The number of hydrogen-bond donors (Lipinski definition) is 0. The predicted molar refractivity (Wildman–Crippen MR) is 72.6 cm³/mol. The molecule has 0 fully saturated rings. The fourth-order valence-corrected chi connectivity index (χ4v) is 2.69. The quantitative estimate of drug-likeness (QED) is 0.706. The molecule has 88 valence electrons. The van der Waals surface area contributed by atoms with Crippen LogP contribution in [0.5, 0.6) is 0 Å². The highest BCUT2D eigenvalue weighted by molar-refractivity contribution is 7.99. The molecule has 0 aliphatic heterocycles. The van der Waals surface area contributed by atoms with Crippen LogP contribution in [0.15, 0.2) is 34.4 Å². The van der Waals surface area contributed by atoms with Crippen molar-refractivity contribution in [2.24, 2.45) is 0 Å². The van der Waals surface area contributed by atoms with E-state index < -0.39 is 0 Å². The minimum absolute atomic E-state index is 0.200. The van der Waals surface area contributed by atoms with Crippen LogP contribution in [0.1, 0.15) is 0 Å². The highest BCUT2D eigenvalue weighted by Gasteiger charge is 2.11. The van der Waals surface area contributed by atoms with Crippen LogP contribution < -0.4 is 0 Å². The molecular weight excluding hydrogens is 322 g/mol. The maximum Gasteiger partial charge on any atom is 0.149 e. The Morgan fingerprint density at radius 2 is 1.71 bits per heavy atom. The van der Waals surface area contributed by atoms with E-state index in [9.17, 15) is 0 Å². The average molecular weight is 326 g/mol. The Bertz CT molecular complexity index is 562. The minimum Gasteiger partial charge on any atom is -0.248 e. The van der Waals surface area contributed by atoms with Crippen molar-refractivity contribution in [3.8, 4) is 0 Å². The van der Waals surface area contributed by atoms with Crippen molar-refractivity contribution in [1.29, 1.82) is 0 Å². The summed E-state index contributed by atoms with van der Waals surface area (Å²) in [4.78, 5) is 8.20. The molecule has 0 aliphatic rings. The Balaban J connectivity index is 2.37. The summed E-state index contributed by atoms with van der Waals surface area (Å²) in [5, 5.41) is 2.58. The number of pyridine rings is 2. The highest BCUT2D eigenvalue weighted by Crippen LogP contribution is 2.37. The number of halogens is 4. The topological polar surface area (TPSA) is 25.8 Å². The van der Waals surface area contributed by atoms with E-state index in [0.29, 0.717) is 25.1 Å². The van der Waals surface area contributed by atoms with Gasteiger partial charge in [-0.15, -0.1) is 0 Å². The Hall–Kier alpha value is -0.190. The molecule has 0 bridgehead atoms. The van der Waals surface area contributed by atoms with E-state index >= 15 is 0 Å². The van der Waals surface area contributed by atoms with Crippen LogP contribution >= 0.6 is 58.2 Å². The van der Waals surface area contributed by atoms with Gasteiger partial charge in [-0.25, -0.2) is 9.97 Å². The Morgan fingerprint density at radius 1 is 0.941 bits per heavy atom. The van der Waals surface area contributed by atoms with Crippen molar-refractivity contribution in [2.45, 2.75) is 10.1 Å². The van der Waals surface area contributed by atoms with Crippen LogP contribution in [0, 0.1) is 0 Å². The second-order valence-electron chi connectivity index (χ2n) is 2.94. The summed E-state index contributed by atoms with van der Waals surface area (Å²) < 4.78 is 0. The lowest BCUT2D eigenvalue weighted by Gasteiger charge is -2.05. The first-order valence-electron chi connectivity index (χ1n) is 4.38. The molecule has 2 rings (SSSR count). The molecule has 0 saturated heterocycles. The molecule has 0 N–H and O–H groups in total. The predicted octanol–water partition coefficient (Wildman–Crippen LogP) is 5.24. The zero-order valence-corrected chi connectivity index (χ0v) is 12.0. The molecule has 0 unspecified atom stereocenters. The maximum atomic E-state index is 6.01. The SMILES string of the molecule is Clc1cc(Cl)c(Sc2ncccc2Cl)nc1Cl. The molecule has 7 heteroatoms. The molecule has 0 aromatic carbocycles. The normalized spacial score (nSPS) is 10.6. The standard InChI is InChI=1S/C10H4Cl4N2S/c11-5-2-1-3-15-9(5)17-10-7(13)4-6(12)8(14)16-10/h1-4H. The highest BCUT2D eigenvalue weighted by atomic mass is 35.5. The monoisotopic (exact) mass is 324 g/mol. The summed E-state index contributed by atoms with van der Waals surface area (Å²) in [5.41, 5.74) is 0. The second-order valence-corrected chi connectivity index (χ2v) is 5.50. The van der Waals surface area contributed by atoms with Gasteiger partial charge in [0.05, 0.1) is 15.1 Å². The lowest BCUT2D eigenvalue weighted by molar-refractivity contribution is 1.09. The smallest absolute Gasteiger partial charge is 0.149 e. The summed E-state index contributed by atoms with van der Waals surface area (Å²) in [6, 6.07) is 5.02. The maximum absolute atomic E-state index is 6.01. The van der Waals surface area contributed by atoms with Crippen molar-refractivity contribution >= 4 is 58.2 Å². The first-order chi connectivity index (χ1) is 8.08. The van der Waals surface area contributed by atoms with Crippen LogP contribution in [0.4, 0.5) is 0 Å². The molecule has 2 aromatic rings. The molecule has 0 atom stereocenters.